The summed E-state index contributed by atoms with van der Waals surface area (Å²) in [7, 11) is -3.51. The van der Waals surface area contributed by atoms with Crippen molar-refractivity contribution in [2.45, 2.75) is 24.2 Å². The lowest BCUT2D eigenvalue weighted by Gasteiger charge is -2.25. The molecule has 0 radical (unpaired) electrons. The molecule has 28 heavy (non-hydrogen) atoms. The Morgan fingerprint density at radius 1 is 1.00 bits per heavy atom. The molecule has 1 aromatic heterocycles. The van der Waals surface area contributed by atoms with E-state index >= 15 is 0 Å². The number of rotatable bonds is 6. The number of amides is 1. The fourth-order valence-corrected chi connectivity index (χ4v) is 4.38. The van der Waals surface area contributed by atoms with Gasteiger partial charge in [-0.25, -0.2) is 13.2 Å². The quantitative estimate of drug-likeness (QED) is 0.740. The molecule has 2 aromatic rings. The molecule has 9 heteroatoms. The Morgan fingerprint density at radius 3 is 2.29 bits per heavy atom. The highest BCUT2D eigenvalue weighted by molar-refractivity contribution is 7.89. The summed E-state index contributed by atoms with van der Waals surface area (Å²) in [5.41, 5.74) is 0.720. The van der Waals surface area contributed by atoms with Crippen LogP contribution in [0.4, 0.5) is 5.69 Å². The van der Waals surface area contributed by atoms with Crippen molar-refractivity contribution in [1.29, 1.82) is 0 Å². The Kier molecular flexibility index (Phi) is 6.37. The Balaban J connectivity index is 1.55. The molecule has 1 fully saturated rings. The van der Waals surface area contributed by atoms with Crippen molar-refractivity contribution in [3.05, 3.63) is 54.4 Å². The summed E-state index contributed by atoms with van der Waals surface area (Å²) in [5.74, 6) is -1.14. The van der Waals surface area contributed by atoms with E-state index in [1.54, 1.807) is 0 Å². The van der Waals surface area contributed by atoms with E-state index < -0.39 is 28.5 Å². The number of piperidine rings is 1. The van der Waals surface area contributed by atoms with Gasteiger partial charge in [-0.05, 0) is 49.2 Å². The number of ether oxygens (including phenoxy) is 1. The maximum Gasteiger partial charge on any atom is 0.338 e. The van der Waals surface area contributed by atoms with Gasteiger partial charge in [0.15, 0.2) is 6.61 Å². The molecule has 1 aromatic carbocycles. The number of nitrogens with one attached hydrogen (secondary N) is 1. The minimum atomic E-state index is -3.51. The number of esters is 1. The normalized spacial score (nSPS) is 15.0. The van der Waals surface area contributed by atoms with Crippen LogP contribution < -0.4 is 5.32 Å². The second kappa shape index (κ2) is 8.94. The van der Waals surface area contributed by atoms with Gasteiger partial charge < -0.3 is 10.1 Å². The van der Waals surface area contributed by atoms with Crippen molar-refractivity contribution >= 4 is 27.6 Å². The predicted octanol–water partition coefficient (Wildman–Crippen LogP) is 2.05. The molecule has 148 valence electrons. The Hall–Kier alpha value is -2.78. The molecular weight excluding hydrogens is 382 g/mol. The maximum absolute atomic E-state index is 12.6. The lowest BCUT2D eigenvalue weighted by Crippen LogP contribution is -2.35. The van der Waals surface area contributed by atoms with Gasteiger partial charge in [0.05, 0.1) is 10.5 Å². The van der Waals surface area contributed by atoms with Gasteiger partial charge in [0.1, 0.15) is 0 Å². The van der Waals surface area contributed by atoms with E-state index in [1.807, 2.05) is 0 Å². The summed E-state index contributed by atoms with van der Waals surface area (Å²) in [5, 5.41) is 2.57. The second-order valence-corrected chi connectivity index (χ2v) is 8.29. The van der Waals surface area contributed by atoms with Gasteiger partial charge in [-0.15, -0.1) is 0 Å². The van der Waals surface area contributed by atoms with Crippen LogP contribution in [0.15, 0.2) is 53.7 Å². The van der Waals surface area contributed by atoms with Crippen molar-refractivity contribution in [2.75, 3.05) is 25.0 Å². The van der Waals surface area contributed by atoms with Crippen LogP contribution in [-0.4, -0.2) is 49.3 Å². The fraction of sp³-hybridized carbons (Fsp3) is 0.316. The summed E-state index contributed by atoms with van der Waals surface area (Å²) >= 11 is 0. The number of aromatic nitrogens is 1. The molecule has 2 heterocycles. The van der Waals surface area contributed by atoms with Gasteiger partial charge in [-0.2, -0.15) is 4.31 Å². The Morgan fingerprint density at radius 2 is 1.64 bits per heavy atom. The van der Waals surface area contributed by atoms with Crippen LogP contribution in [-0.2, 0) is 19.6 Å². The summed E-state index contributed by atoms with van der Waals surface area (Å²) in [6.07, 6.45) is 5.69. The summed E-state index contributed by atoms with van der Waals surface area (Å²) in [6, 6.07) is 8.92. The largest absolute Gasteiger partial charge is 0.452 e. The van der Waals surface area contributed by atoms with Gasteiger partial charge in [-0.1, -0.05) is 6.42 Å². The maximum atomic E-state index is 12.6. The zero-order chi connectivity index (χ0) is 20.0. The minimum Gasteiger partial charge on any atom is -0.452 e. The molecule has 0 saturated carbocycles. The molecule has 1 aliphatic rings. The van der Waals surface area contributed by atoms with Crippen LogP contribution in [0.3, 0.4) is 0 Å². The van der Waals surface area contributed by atoms with E-state index in [-0.39, 0.29) is 4.90 Å². The predicted molar refractivity (Wildman–Crippen MR) is 102 cm³/mol. The number of carbonyl (C=O) groups is 2. The van der Waals surface area contributed by atoms with E-state index in [1.165, 1.54) is 53.1 Å². The number of benzene rings is 1. The van der Waals surface area contributed by atoms with Crippen LogP contribution in [0.1, 0.15) is 29.6 Å². The molecule has 1 saturated heterocycles. The lowest BCUT2D eigenvalue weighted by molar-refractivity contribution is -0.119. The molecule has 0 unspecified atom stereocenters. The van der Waals surface area contributed by atoms with Crippen LogP contribution in [0, 0.1) is 0 Å². The molecule has 8 nitrogen and oxygen atoms in total. The molecule has 0 spiro atoms. The summed E-state index contributed by atoms with van der Waals surface area (Å²) < 4.78 is 31.6. The average molecular weight is 403 g/mol. The first-order valence-corrected chi connectivity index (χ1v) is 10.4. The topological polar surface area (TPSA) is 106 Å². The van der Waals surface area contributed by atoms with E-state index in [4.69, 9.17) is 4.74 Å². The standard InChI is InChI=1S/C19H21N3O5S/c23-18(14-27-19(24)15-8-10-20-11-9-15)21-16-4-6-17(7-5-16)28(25,26)22-12-2-1-3-13-22/h4-11H,1-3,12-14H2,(H,21,23). The number of pyridine rings is 1. The number of hydrogen-bond donors (Lipinski definition) is 1. The first-order chi connectivity index (χ1) is 13.5. The van der Waals surface area contributed by atoms with Crippen LogP contribution in [0.2, 0.25) is 0 Å². The van der Waals surface area contributed by atoms with Crippen LogP contribution >= 0.6 is 0 Å². The monoisotopic (exact) mass is 403 g/mol. The van der Waals surface area contributed by atoms with E-state index in [9.17, 15) is 18.0 Å². The number of nitrogens with zero attached hydrogens (tertiary/aromatic N) is 2. The molecule has 3 rings (SSSR count). The van der Waals surface area contributed by atoms with Crippen LogP contribution in [0.5, 0.6) is 0 Å². The number of hydrogen-bond acceptors (Lipinski definition) is 6. The third-order valence-corrected chi connectivity index (χ3v) is 6.25. The first-order valence-electron chi connectivity index (χ1n) is 8.94. The van der Waals surface area contributed by atoms with E-state index in [0.717, 1.165) is 19.3 Å². The Labute approximate surface area is 163 Å². The SMILES string of the molecule is O=C(COC(=O)c1ccncc1)Nc1ccc(S(=O)(=O)N2CCCCC2)cc1. The molecule has 0 bridgehead atoms. The average Bonchev–Trinajstić information content (AvgIpc) is 2.73. The van der Waals surface area contributed by atoms with Crippen molar-refractivity contribution in [3.8, 4) is 0 Å². The zero-order valence-electron chi connectivity index (χ0n) is 15.2. The van der Waals surface area contributed by atoms with Gasteiger partial charge in [0, 0.05) is 31.2 Å². The Bertz CT molecular complexity index is 924. The molecule has 0 atom stereocenters. The van der Waals surface area contributed by atoms with Crippen molar-refractivity contribution < 1.29 is 22.7 Å². The molecule has 1 aliphatic heterocycles. The van der Waals surface area contributed by atoms with Crippen molar-refractivity contribution in [1.82, 2.24) is 9.29 Å². The van der Waals surface area contributed by atoms with Gasteiger partial charge in [0.2, 0.25) is 10.0 Å². The number of sulfonamides is 1. The van der Waals surface area contributed by atoms with E-state index in [0.29, 0.717) is 24.3 Å². The summed E-state index contributed by atoms with van der Waals surface area (Å²) in [4.78, 5) is 27.7. The third kappa shape index (κ3) is 4.93. The second-order valence-electron chi connectivity index (χ2n) is 6.35. The number of carbonyl (C=O) groups excluding carboxylic acids is 2. The van der Waals surface area contributed by atoms with Gasteiger partial charge >= 0.3 is 5.97 Å². The highest BCUT2D eigenvalue weighted by Crippen LogP contribution is 2.22. The van der Waals surface area contributed by atoms with E-state index in [2.05, 4.69) is 10.3 Å². The molecule has 1 amide bonds. The molecule has 0 aliphatic carbocycles. The third-order valence-electron chi connectivity index (χ3n) is 4.34. The highest BCUT2D eigenvalue weighted by Gasteiger charge is 2.25. The van der Waals surface area contributed by atoms with Crippen molar-refractivity contribution in [2.24, 2.45) is 0 Å². The highest BCUT2D eigenvalue weighted by atomic mass is 32.2. The first kappa shape index (κ1) is 20.0. The van der Waals surface area contributed by atoms with Crippen molar-refractivity contribution in [3.63, 3.8) is 0 Å². The zero-order valence-corrected chi connectivity index (χ0v) is 16.0. The minimum absolute atomic E-state index is 0.191. The molecular formula is C19H21N3O5S. The van der Waals surface area contributed by atoms with Gasteiger partial charge in [-0.3, -0.25) is 9.78 Å². The van der Waals surface area contributed by atoms with Gasteiger partial charge in [0.25, 0.3) is 5.91 Å². The fourth-order valence-electron chi connectivity index (χ4n) is 2.86. The lowest BCUT2D eigenvalue weighted by atomic mass is 10.2. The summed E-state index contributed by atoms with van der Waals surface area (Å²) in [6.45, 7) is 0.613. The molecule has 1 N–H and O–H groups in total. The number of anilines is 1. The smallest absolute Gasteiger partial charge is 0.338 e. The van der Waals surface area contributed by atoms with Crippen LogP contribution in [0.25, 0.3) is 0 Å².